The first-order chi connectivity index (χ1) is 4.31. The van der Waals surface area contributed by atoms with Gasteiger partial charge in [-0.3, -0.25) is 0 Å². The van der Waals surface area contributed by atoms with E-state index < -0.39 is 8.32 Å². The second-order valence-electron chi connectivity index (χ2n) is 3.96. The number of hydrogen-bond donors (Lipinski definition) is 0. The van der Waals surface area contributed by atoms with Gasteiger partial charge in [-0.05, 0) is 18.1 Å². The molecule has 0 spiro atoms. The van der Waals surface area contributed by atoms with Gasteiger partial charge in [-0.2, -0.15) is 6.11 Å². The van der Waals surface area contributed by atoms with Crippen LogP contribution in [-0.2, 0) is 4.43 Å². The van der Waals surface area contributed by atoms with Crippen LogP contribution in [0.25, 0.3) is 0 Å². The van der Waals surface area contributed by atoms with Crippen molar-refractivity contribution in [2.24, 2.45) is 0 Å². The van der Waals surface area contributed by atoms with E-state index in [2.05, 4.69) is 33.9 Å². The van der Waals surface area contributed by atoms with Gasteiger partial charge in [-0.15, -0.1) is 0 Å². The molecule has 0 atom stereocenters. The van der Waals surface area contributed by atoms with E-state index in [9.17, 15) is 0 Å². The van der Waals surface area contributed by atoms with Crippen LogP contribution in [0, 0.1) is 12.5 Å². The Balaban J connectivity index is 0. The minimum atomic E-state index is -1.70. The second-order valence-corrected chi connectivity index (χ2v) is 8.69. The standard InChI is InChI=1S/C8H15OSi.Li/c1-7-9-10(5,6)8(2,3)4;/h2-6H3;/q-1;+1. The van der Waals surface area contributed by atoms with Crippen LogP contribution in [0.1, 0.15) is 20.8 Å². The van der Waals surface area contributed by atoms with Crippen LogP contribution < -0.4 is 18.9 Å². The quantitative estimate of drug-likeness (QED) is 0.288. The largest absolute Gasteiger partial charge is 1.00 e. The van der Waals surface area contributed by atoms with Crippen LogP contribution in [0.5, 0.6) is 0 Å². The predicted octanol–water partition coefficient (Wildman–Crippen LogP) is -0.441. The zero-order valence-corrected chi connectivity index (χ0v) is 9.41. The van der Waals surface area contributed by atoms with E-state index in [-0.39, 0.29) is 23.9 Å². The normalized spacial score (nSPS) is 11.3. The van der Waals surface area contributed by atoms with Crippen molar-refractivity contribution in [1.82, 2.24) is 0 Å². The van der Waals surface area contributed by atoms with E-state index >= 15 is 0 Å². The molecule has 58 valence electrons. The smallest absolute Gasteiger partial charge is 0.650 e. The fourth-order valence-electron chi connectivity index (χ4n) is 0.281. The summed E-state index contributed by atoms with van der Waals surface area (Å²) >= 11 is 0. The molecule has 0 radical (unpaired) electrons. The Bertz CT molecular complexity index is 152. The fourth-order valence-corrected chi connectivity index (χ4v) is 0.842. The van der Waals surface area contributed by atoms with Crippen LogP contribution in [0.2, 0.25) is 18.1 Å². The molecule has 0 aliphatic heterocycles. The first-order valence-electron chi connectivity index (χ1n) is 3.41. The Labute approximate surface area is 83.2 Å². The summed E-state index contributed by atoms with van der Waals surface area (Å²) in [7, 11) is -1.70. The van der Waals surface area contributed by atoms with E-state index in [1.54, 1.807) is 0 Å². The molecule has 0 saturated carbocycles. The van der Waals surface area contributed by atoms with Crippen LogP contribution in [-0.4, -0.2) is 8.32 Å². The fraction of sp³-hybridized carbons (Fsp3) is 0.750. The zero-order chi connectivity index (χ0) is 8.41. The molecule has 0 amide bonds. The maximum absolute atomic E-state index is 6.70. The summed E-state index contributed by atoms with van der Waals surface area (Å²) in [5.74, 6) is 0. The first kappa shape index (κ1) is 13.7. The molecule has 0 N–H and O–H groups in total. The minimum Gasteiger partial charge on any atom is -0.650 e. The van der Waals surface area contributed by atoms with Gasteiger partial charge in [0.05, 0.1) is 0 Å². The van der Waals surface area contributed by atoms with E-state index in [4.69, 9.17) is 10.8 Å². The van der Waals surface area contributed by atoms with Gasteiger partial charge in [0.2, 0.25) is 0 Å². The van der Waals surface area contributed by atoms with Crippen molar-refractivity contribution in [3.05, 3.63) is 6.42 Å². The SMILES string of the molecule is [C-]#CO[Si](C)(C)C(C)(C)C.[Li+]. The van der Waals surface area contributed by atoms with Crippen LogP contribution in [0.3, 0.4) is 0 Å². The summed E-state index contributed by atoms with van der Waals surface area (Å²) < 4.78 is 5.15. The van der Waals surface area contributed by atoms with Crippen molar-refractivity contribution < 1.29 is 23.3 Å². The van der Waals surface area contributed by atoms with Gasteiger partial charge in [0.1, 0.15) is 0 Å². The van der Waals surface area contributed by atoms with Crippen molar-refractivity contribution >= 4 is 8.32 Å². The Hall–Kier alpha value is 0.174. The summed E-state index contributed by atoms with van der Waals surface area (Å²) in [5.41, 5.74) is 0. The van der Waals surface area contributed by atoms with Crippen molar-refractivity contribution in [3.8, 4) is 6.11 Å². The molecule has 1 nitrogen and oxygen atoms in total. The third kappa shape index (κ3) is 3.92. The monoisotopic (exact) mass is 162 g/mol. The molecule has 0 heterocycles. The van der Waals surface area contributed by atoms with Crippen LogP contribution in [0.15, 0.2) is 0 Å². The molecule has 0 saturated heterocycles. The van der Waals surface area contributed by atoms with Crippen LogP contribution >= 0.6 is 0 Å². The molecule has 3 heteroatoms. The van der Waals surface area contributed by atoms with Crippen LogP contribution in [0.4, 0.5) is 0 Å². The predicted molar refractivity (Wildman–Crippen MR) is 45.4 cm³/mol. The molecule has 0 aliphatic rings. The summed E-state index contributed by atoms with van der Waals surface area (Å²) in [4.78, 5) is 0. The molecule has 0 aromatic heterocycles. The van der Waals surface area contributed by atoms with E-state index in [1.807, 2.05) is 6.11 Å². The second kappa shape index (κ2) is 4.26. The first-order valence-corrected chi connectivity index (χ1v) is 6.32. The van der Waals surface area contributed by atoms with Crippen molar-refractivity contribution in [1.29, 1.82) is 0 Å². The average Bonchev–Trinajstić information content (AvgIpc) is 1.61. The molecule has 0 fully saturated rings. The van der Waals surface area contributed by atoms with Gasteiger partial charge < -0.3 is 10.8 Å². The molecule has 0 aliphatic carbocycles. The average molecular weight is 162 g/mol. The zero-order valence-electron chi connectivity index (χ0n) is 8.41. The molecule has 11 heavy (non-hydrogen) atoms. The van der Waals surface area contributed by atoms with Gasteiger partial charge in [-0.1, -0.05) is 20.8 Å². The molecule has 0 aromatic rings. The van der Waals surface area contributed by atoms with Gasteiger partial charge >= 0.3 is 18.9 Å². The summed E-state index contributed by atoms with van der Waals surface area (Å²) in [6, 6.07) is 0. The maximum Gasteiger partial charge on any atom is 1.00 e. The van der Waals surface area contributed by atoms with Crippen molar-refractivity contribution in [3.63, 3.8) is 0 Å². The molecule has 0 unspecified atom stereocenters. The van der Waals surface area contributed by atoms with E-state index in [0.29, 0.717) is 0 Å². The molecular formula is C8H15LiOSi. The summed E-state index contributed by atoms with van der Waals surface area (Å²) in [5, 5.41) is 0.182. The number of hydrogen-bond acceptors (Lipinski definition) is 1. The van der Waals surface area contributed by atoms with Gasteiger partial charge in [0.25, 0.3) is 8.32 Å². The van der Waals surface area contributed by atoms with Crippen molar-refractivity contribution in [2.45, 2.75) is 38.9 Å². The van der Waals surface area contributed by atoms with E-state index in [1.165, 1.54) is 0 Å². The third-order valence-electron chi connectivity index (χ3n) is 2.11. The van der Waals surface area contributed by atoms with Gasteiger partial charge in [-0.25, -0.2) is 0 Å². The Morgan fingerprint density at radius 3 is 1.73 bits per heavy atom. The third-order valence-corrected chi connectivity index (χ3v) is 6.34. The molecule has 0 rings (SSSR count). The summed E-state index contributed by atoms with van der Waals surface area (Å²) in [6.07, 6.45) is 8.73. The van der Waals surface area contributed by atoms with E-state index in [0.717, 1.165) is 0 Å². The van der Waals surface area contributed by atoms with Gasteiger partial charge in [0, 0.05) is 0 Å². The maximum atomic E-state index is 6.70. The molecule has 0 bridgehead atoms. The summed E-state index contributed by atoms with van der Waals surface area (Å²) in [6.45, 7) is 10.6. The molecule has 0 aromatic carbocycles. The molecular weight excluding hydrogens is 147 g/mol. The Kier molecular flexibility index (Phi) is 5.33. The Morgan fingerprint density at radius 1 is 1.27 bits per heavy atom. The minimum absolute atomic E-state index is 0. The van der Waals surface area contributed by atoms with Crippen molar-refractivity contribution in [2.75, 3.05) is 0 Å². The van der Waals surface area contributed by atoms with Gasteiger partial charge in [0.15, 0.2) is 0 Å². The number of rotatable bonds is 1. The topological polar surface area (TPSA) is 9.23 Å². The Morgan fingerprint density at radius 2 is 1.64 bits per heavy atom.